The van der Waals surface area contributed by atoms with Crippen molar-refractivity contribution in [3.8, 4) is 0 Å². The second-order valence-electron chi connectivity index (χ2n) is 11.3. The molecule has 1 heteroatoms. The number of hydrogen-bond donors (Lipinski definition) is 1. The van der Waals surface area contributed by atoms with Crippen LogP contribution in [0.3, 0.4) is 0 Å². The maximum atomic E-state index is 7.49. The first kappa shape index (κ1) is 23.7. The van der Waals surface area contributed by atoms with Crippen LogP contribution in [0.2, 0.25) is 0 Å². The smallest absolute Gasteiger partial charge is 0.0697 e. The van der Waals surface area contributed by atoms with E-state index >= 15 is 0 Å². The third-order valence-electron chi connectivity index (χ3n) is 6.51. The van der Waals surface area contributed by atoms with Gasteiger partial charge in [0.25, 0.3) is 0 Å². The first-order valence-electron chi connectivity index (χ1n) is 11.2. The first-order chi connectivity index (χ1) is 13.3. The summed E-state index contributed by atoms with van der Waals surface area (Å²) in [4.78, 5) is 0. The van der Waals surface area contributed by atoms with Crippen molar-refractivity contribution in [2.45, 2.75) is 80.2 Å². The first-order valence-corrected chi connectivity index (χ1v) is 11.2. The molecule has 160 valence electrons. The Morgan fingerprint density at radius 3 is 2.03 bits per heavy atom. The highest BCUT2D eigenvalue weighted by molar-refractivity contribution is 5.43. The maximum Gasteiger partial charge on any atom is 0.0697 e. The standard InChI is InChI=1S/C28H43N/c1-20(2)25(22(4)27(8,9)19-26(5,6)7)28(29,23-13-11-10-12-14-23)24-17-15-21(3)16-18-24/h10-15,17,20,25H,4,16,18-19,29H2,1-3,5-9H3. The van der Waals surface area contributed by atoms with E-state index in [9.17, 15) is 0 Å². The summed E-state index contributed by atoms with van der Waals surface area (Å²) in [6.07, 6.45) is 7.73. The van der Waals surface area contributed by atoms with Crippen LogP contribution in [-0.4, -0.2) is 0 Å². The van der Waals surface area contributed by atoms with Crippen LogP contribution >= 0.6 is 0 Å². The molecule has 1 aromatic rings. The van der Waals surface area contributed by atoms with Crippen molar-refractivity contribution in [3.63, 3.8) is 0 Å². The summed E-state index contributed by atoms with van der Waals surface area (Å²) >= 11 is 0. The van der Waals surface area contributed by atoms with Crippen LogP contribution in [0.4, 0.5) is 0 Å². The minimum Gasteiger partial charge on any atom is -0.317 e. The number of benzene rings is 1. The van der Waals surface area contributed by atoms with Crippen LogP contribution in [-0.2, 0) is 5.54 Å². The molecule has 0 spiro atoms. The molecule has 2 rings (SSSR count). The van der Waals surface area contributed by atoms with Crippen molar-refractivity contribution >= 4 is 0 Å². The zero-order chi connectivity index (χ0) is 22.0. The van der Waals surface area contributed by atoms with Gasteiger partial charge in [0.2, 0.25) is 0 Å². The predicted octanol–water partition coefficient (Wildman–Crippen LogP) is 7.80. The molecule has 2 unspecified atom stereocenters. The van der Waals surface area contributed by atoms with Gasteiger partial charge in [0.1, 0.15) is 0 Å². The topological polar surface area (TPSA) is 26.0 Å². The van der Waals surface area contributed by atoms with Crippen molar-refractivity contribution in [1.82, 2.24) is 0 Å². The van der Waals surface area contributed by atoms with E-state index in [2.05, 4.69) is 97.9 Å². The monoisotopic (exact) mass is 393 g/mol. The summed E-state index contributed by atoms with van der Waals surface area (Å²) in [7, 11) is 0. The van der Waals surface area contributed by atoms with Gasteiger partial charge in [0.05, 0.1) is 5.54 Å². The van der Waals surface area contributed by atoms with E-state index in [0.717, 1.165) is 19.3 Å². The summed E-state index contributed by atoms with van der Waals surface area (Å²) in [5, 5.41) is 0. The van der Waals surface area contributed by atoms with E-state index in [1.54, 1.807) is 0 Å². The highest BCUT2D eigenvalue weighted by atomic mass is 14.8. The fourth-order valence-corrected chi connectivity index (χ4v) is 5.43. The number of nitrogens with two attached hydrogens (primary N) is 1. The Kier molecular flexibility index (Phi) is 7.05. The largest absolute Gasteiger partial charge is 0.317 e. The van der Waals surface area contributed by atoms with Gasteiger partial charge < -0.3 is 5.73 Å². The van der Waals surface area contributed by atoms with Crippen molar-refractivity contribution in [3.05, 3.63) is 71.3 Å². The average molecular weight is 394 g/mol. The van der Waals surface area contributed by atoms with Crippen molar-refractivity contribution in [1.29, 1.82) is 0 Å². The quantitative estimate of drug-likeness (QED) is 0.470. The molecule has 0 aromatic heterocycles. The van der Waals surface area contributed by atoms with Gasteiger partial charge in [-0.2, -0.15) is 0 Å². The van der Waals surface area contributed by atoms with Crippen LogP contribution < -0.4 is 5.73 Å². The van der Waals surface area contributed by atoms with Crippen LogP contribution in [0.1, 0.15) is 80.2 Å². The molecular weight excluding hydrogens is 350 g/mol. The Labute approximate surface area is 180 Å². The average Bonchev–Trinajstić information content (AvgIpc) is 2.60. The molecule has 0 radical (unpaired) electrons. The van der Waals surface area contributed by atoms with Gasteiger partial charge in [0.15, 0.2) is 0 Å². The molecule has 0 saturated heterocycles. The van der Waals surface area contributed by atoms with Crippen LogP contribution in [0.25, 0.3) is 0 Å². The lowest BCUT2D eigenvalue weighted by Crippen LogP contribution is -2.51. The lowest BCUT2D eigenvalue weighted by molar-refractivity contribution is 0.188. The van der Waals surface area contributed by atoms with E-state index in [1.807, 2.05) is 0 Å². The molecule has 0 amide bonds. The summed E-state index contributed by atoms with van der Waals surface area (Å²) in [5.74, 6) is 0.556. The molecule has 2 N–H and O–H groups in total. The summed E-state index contributed by atoms with van der Waals surface area (Å²) < 4.78 is 0. The summed E-state index contributed by atoms with van der Waals surface area (Å²) in [6.45, 7) is 23.2. The molecule has 29 heavy (non-hydrogen) atoms. The minimum absolute atomic E-state index is 0.00751. The molecular formula is C28H43N. The van der Waals surface area contributed by atoms with Gasteiger partial charge >= 0.3 is 0 Å². The van der Waals surface area contributed by atoms with Gasteiger partial charge in [-0.3, -0.25) is 0 Å². The third kappa shape index (κ3) is 5.31. The minimum atomic E-state index is -0.543. The Hall–Kier alpha value is -1.60. The molecule has 1 aliphatic rings. The second kappa shape index (κ2) is 8.64. The highest BCUT2D eigenvalue weighted by Gasteiger charge is 2.46. The Morgan fingerprint density at radius 2 is 1.59 bits per heavy atom. The Bertz CT molecular complexity index is 770. The van der Waals surface area contributed by atoms with E-state index < -0.39 is 5.54 Å². The zero-order valence-electron chi connectivity index (χ0n) is 20.1. The Morgan fingerprint density at radius 1 is 1.00 bits per heavy atom. The molecule has 0 heterocycles. The molecule has 1 aromatic carbocycles. The van der Waals surface area contributed by atoms with Crippen molar-refractivity contribution in [2.75, 3.05) is 0 Å². The van der Waals surface area contributed by atoms with Crippen LogP contribution in [0.5, 0.6) is 0 Å². The van der Waals surface area contributed by atoms with Gasteiger partial charge in [-0.05, 0) is 54.1 Å². The van der Waals surface area contributed by atoms with Crippen LogP contribution in [0.15, 0.2) is 65.8 Å². The van der Waals surface area contributed by atoms with Gasteiger partial charge in [-0.25, -0.2) is 0 Å². The van der Waals surface area contributed by atoms with Crippen LogP contribution in [0, 0.1) is 22.7 Å². The molecule has 0 aliphatic heterocycles. The fourth-order valence-electron chi connectivity index (χ4n) is 5.43. The molecule has 0 fully saturated rings. The van der Waals surface area contributed by atoms with Gasteiger partial charge in [-0.15, -0.1) is 0 Å². The number of allylic oxidation sites excluding steroid dienone is 3. The molecule has 1 nitrogen and oxygen atoms in total. The number of hydrogen-bond acceptors (Lipinski definition) is 1. The van der Waals surface area contributed by atoms with Gasteiger partial charge in [0, 0.05) is 5.92 Å². The fraction of sp³-hybridized carbons (Fsp3) is 0.571. The second-order valence-corrected chi connectivity index (χ2v) is 11.3. The molecule has 0 saturated carbocycles. The van der Waals surface area contributed by atoms with Crippen molar-refractivity contribution in [2.24, 2.45) is 28.4 Å². The lowest BCUT2D eigenvalue weighted by Gasteiger charge is -2.48. The Balaban J connectivity index is 2.64. The predicted molar refractivity (Wildman–Crippen MR) is 129 cm³/mol. The highest BCUT2D eigenvalue weighted by Crippen LogP contribution is 2.51. The molecule has 1 aliphatic carbocycles. The van der Waals surface area contributed by atoms with Crippen molar-refractivity contribution < 1.29 is 0 Å². The van der Waals surface area contributed by atoms with E-state index in [0.29, 0.717) is 5.92 Å². The zero-order valence-corrected chi connectivity index (χ0v) is 20.1. The van der Waals surface area contributed by atoms with Gasteiger partial charge in [-0.1, -0.05) is 109 Å². The normalized spacial score (nSPS) is 18.7. The van der Waals surface area contributed by atoms with E-state index in [4.69, 9.17) is 12.3 Å². The van der Waals surface area contributed by atoms with E-state index in [-0.39, 0.29) is 16.7 Å². The third-order valence-corrected chi connectivity index (χ3v) is 6.51. The summed E-state index contributed by atoms with van der Waals surface area (Å²) in [6, 6.07) is 10.7. The summed E-state index contributed by atoms with van der Waals surface area (Å²) in [5.41, 5.74) is 12.4. The maximum absolute atomic E-state index is 7.49. The van der Waals surface area contributed by atoms with E-state index in [1.165, 1.54) is 22.3 Å². The molecule has 0 bridgehead atoms. The molecule has 2 atom stereocenters. The SMILES string of the molecule is C=C(C(C(C)C)C(N)(C1=CC=C(C)CC1)c1ccccc1)C(C)(C)CC(C)(C)C. The number of rotatable bonds is 7. The lowest BCUT2D eigenvalue weighted by atomic mass is 9.58.